The molecule has 0 aromatic carbocycles. The molecule has 2 unspecified atom stereocenters. The van der Waals surface area contributed by atoms with Gasteiger partial charge >= 0.3 is 27.8 Å². The van der Waals surface area contributed by atoms with E-state index >= 15 is 0 Å². The summed E-state index contributed by atoms with van der Waals surface area (Å²) in [6.45, 7) is 14.3. The van der Waals surface area contributed by atoms with Gasteiger partial charge in [-0.2, -0.15) is 0 Å². The normalized spacial score (nSPS) is 14.2. The van der Waals surface area contributed by atoms with Crippen molar-refractivity contribution in [3.8, 4) is 0 Å². The van der Waals surface area contributed by atoms with E-state index in [4.69, 9.17) is 9.05 Å². The zero-order valence-electron chi connectivity index (χ0n) is 12.9. The van der Waals surface area contributed by atoms with Crippen molar-refractivity contribution >= 4 is 67.6 Å². The fraction of sp³-hybridized carbons (Fsp3) is 0.333. The van der Waals surface area contributed by atoms with Gasteiger partial charge in [0.05, 0.1) is 13.2 Å². The zero-order chi connectivity index (χ0) is 19.5. The molecule has 0 amide bonds. The summed E-state index contributed by atoms with van der Waals surface area (Å²) in [4.78, 5) is 22.4. The first kappa shape index (κ1) is 30.4. The average molecular weight is 547 g/mol. The average Bonchev–Trinajstić information content (AvgIpc) is 2.57. The Bertz CT molecular complexity index is 393. The second kappa shape index (κ2) is 21.0. The first-order valence-electron chi connectivity index (χ1n) is 6.05. The molecule has 2 atom stereocenters. The molecule has 0 N–H and O–H groups in total. The Morgan fingerprint density at radius 1 is 0.792 bits per heavy atom. The van der Waals surface area contributed by atoms with Crippen molar-refractivity contribution in [2.45, 2.75) is 0 Å². The van der Waals surface area contributed by atoms with Crippen LogP contribution in [0.4, 0.5) is 0 Å². The fourth-order valence-electron chi connectivity index (χ4n) is 0.651. The van der Waals surface area contributed by atoms with E-state index in [1.54, 1.807) is 12.2 Å². The Morgan fingerprint density at radius 3 is 1.29 bits per heavy atom. The molecule has 0 aliphatic carbocycles. The number of hydrogen-bond donors (Lipinski definition) is 0. The minimum absolute atomic E-state index is 0.241. The third-order valence-corrected chi connectivity index (χ3v) is 9.69. The second-order valence-corrected chi connectivity index (χ2v) is 15.4. The van der Waals surface area contributed by atoms with Crippen LogP contribution in [0.2, 0.25) is 0 Å². The van der Waals surface area contributed by atoms with Crippen molar-refractivity contribution in [2.75, 3.05) is 24.7 Å². The Labute approximate surface area is 178 Å². The van der Waals surface area contributed by atoms with Gasteiger partial charge in [-0.3, -0.25) is 0 Å². The molecule has 0 fully saturated rings. The van der Waals surface area contributed by atoms with Crippen LogP contribution >= 0.6 is 44.0 Å². The monoisotopic (exact) mass is 548 g/mol. The van der Waals surface area contributed by atoms with Crippen molar-refractivity contribution in [1.29, 1.82) is 0 Å². The van der Waals surface area contributed by atoms with Crippen molar-refractivity contribution < 1.29 is 36.8 Å². The SMILES string of the molecule is C=CCOP([O-])(=S)SCC=C.C=CCOP([O-])(=S)SCC=C.[S]=[Mo+2]. The predicted molar refractivity (Wildman–Crippen MR) is 114 cm³/mol. The van der Waals surface area contributed by atoms with E-state index < -0.39 is 11.4 Å². The Balaban J connectivity index is -0.000000333. The van der Waals surface area contributed by atoms with Crippen molar-refractivity contribution in [3.63, 3.8) is 0 Å². The summed E-state index contributed by atoms with van der Waals surface area (Å²) >= 11 is 13.1. The molecule has 0 saturated heterocycles. The molecule has 0 rings (SSSR count). The van der Waals surface area contributed by atoms with Crippen LogP contribution in [-0.4, -0.2) is 24.7 Å². The van der Waals surface area contributed by atoms with E-state index in [1.165, 1.54) is 30.1 Å². The summed E-state index contributed by atoms with van der Waals surface area (Å²) in [6.07, 6.45) is 6.32. The number of rotatable bonds is 12. The summed E-state index contributed by atoms with van der Waals surface area (Å²) in [7, 11) is 4.09. The van der Waals surface area contributed by atoms with E-state index in [1.807, 2.05) is 0 Å². The molecule has 0 spiro atoms. The molecule has 138 valence electrons. The van der Waals surface area contributed by atoms with Crippen LogP contribution in [0.5, 0.6) is 0 Å². The summed E-state index contributed by atoms with van der Waals surface area (Å²) in [5.41, 5.74) is -5.74. The van der Waals surface area contributed by atoms with Gasteiger partial charge in [0, 0.05) is 22.9 Å². The zero-order valence-corrected chi connectivity index (χ0v) is 20.8. The minimum atomic E-state index is -2.87. The molecule has 0 saturated carbocycles. The van der Waals surface area contributed by atoms with Crippen molar-refractivity contribution in [1.82, 2.24) is 0 Å². The van der Waals surface area contributed by atoms with Crippen LogP contribution in [0.25, 0.3) is 0 Å². The standard InChI is InChI=1S/2C6H11O2PS2.Mo.S/c2*1-3-5-8-9(7,10)11-6-4-2;;/h2*3-4H,1-2,5-6H2,(H,7,10);;/q;;+2;/p-2. The molecule has 0 aliphatic heterocycles. The third-order valence-electron chi connectivity index (χ3n) is 1.40. The molecular weight excluding hydrogens is 526 g/mol. The third kappa shape index (κ3) is 25.9. The molecule has 0 aliphatic rings. The van der Waals surface area contributed by atoms with Gasteiger partial charge in [0.15, 0.2) is 0 Å². The predicted octanol–water partition coefficient (Wildman–Crippen LogP) is 4.03. The maximum atomic E-state index is 11.2. The summed E-state index contributed by atoms with van der Waals surface area (Å²) in [6, 6.07) is 0. The van der Waals surface area contributed by atoms with Gasteiger partial charge in [0.2, 0.25) is 0 Å². The molecule has 0 radical (unpaired) electrons. The Hall–Kier alpha value is 1.71. The van der Waals surface area contributed by atoms with Crippen LogP contribution < -0.4 is 9.79 Å². The van der Waals surface area contributed by atoms with Crippen molar-refractivity contribution in [2.24, 2.45) is 0 Å². The van der Waals surface area contributed by atoms with Crippen LogP contribution in [0.3, 0.4) is 0 Å². The van der Waals surface area contributed by atoms with Crippen LogP contribution in [-0.2, 0) is 50.7 Å². The van der Waals surface area contributed by atoms with Gasteiger partial charge in [-0.15, -0.1) is 49.1 Å². The first-order chi connectivity index (χ1) is 11.2. The molecule has 4 nitrogen and oxygen atoms in total. The van der Waals surface area contributed by atoms with E-state index in [0.29, 0.717) is 11.5 Å². The summed E-state index contributed by atoms with van der Waals surface area (Å²) < 4.78 is 9.70. The van der Waals surface area contributed by atoms with E-state index in [9.17, 15) is 9.79 Å². The van der Waals surface area contributed by atoms with Crippen LogP contribution in [0.15, 0.2) is 50.6 Å². The molecule has 12 heteroatoms. The van der Waals surface area contributed by atoms with Gasteiger partial charge < -0.3 is 18.8 Å². The van der Waals surface area contributed by atoms with Gasteiger partial charge in [0.25, 0.3) is 0 Å². The molecule has 0 heterocycles. The molecule has 24 heavy (non-hydrogen) atoms. The topological polar surface area (TPSA) is 64.6 Å². The second-order valence-electron chi connectivity index (χ2n) is 3.23. The van der Waals surface area contributed by atoms with E-state index in [2.05, 4.69) is 59.8 Å². The van der Waals surface area contributed by atoms with Crippen LogP contribution in [0.1, 0.15) is 0 Å². The summed E-state index contributed by atoms with van der Waals surface area (Å²) in [5, 5.41) is 0. The van der Waals surface area contributed by atoms with E-state index in [0.717, 1.165) is 22.8 Å². The Morgan fingerprint density at radius 2 is 1.08 bits per heavy atom. The summed E-state index contributed by atoms with van der Waals surface area (Å²) in [5.74, 6) is 1.11. The van der Waals surface area contributed by atoms with E-state index in [-0.39, 0.29) is 13.2 Å². The quantitative estimate of drug-likeness (QED) is 0.205. The van der Waals surface area contributed by atoms with Gasteiger partial charge in [0.1, 0.15) is 0 Å². The van der Waals surface area contributed by atoms with Crippen molar-refractivity contribution in [3.05, 3.63) is 50.6 Å². The van der Waals surface area contributed by atoms with Gasteiger partial charge in [-0.25, -0.2) is 0 Å². The van der Waals surface area contributed by atoms with Crippen LogP contribution in [0, 0.1) is 0 Å². The Kier molecular flexibility index (Phi) is 26.6. The maximum absolute atomic E-state index is 11.2. The first-order valence-corrected chi connectivity index (χ1v) is 17.3. The van der Waals surface area contributed by atoms with Gasteiger partial charge in [-0.05, 0) is 0 Å². The molecular formula is C12H20MoO4P2S5. The fourth-order valence-corrected chi connectivity index (χ4v) is 5.95. The molecule has 0 bridgehead atoms. The number of hydrogen-bond acceptors (Lipinski definition) is 9. The van der Waals surface area contributed by atoms with Gasteiger partial charge in [-0.1, -0.05) is 47.9 Å². The molecule has 0 aromatic rings. The molecule has 0 aromatic heterocycles.